The van der Waals surface area contributed by atoms with Crippen LogP contribution in [0.5, 0.6) is 0 Å². The van der Waals surface area contributed by atoms with Gasteiger partial charge in [-0.1, -0.05) is 13.8 Å². The fourth-order valence-corrected chi connectivity index (χ4v) is 2.69. The van der Waals surface area contributed by atoms with Crippen LogP contribution in [0.4, 0.5) is 0 Å². The lowest BCUT2D eigenvalue weighted by Crippen LogP contribution is -2.53. The molecule has 0 radical (unpaired) electrons. The number of hydrogen-bond acceptors (Lipinski definition) is 3. The van der Waals surface area contributed by atoms with Gasteiger partial charge < -0.3 is 16.0 Å². The molecule has 4 heteroatoms. The first kappa shape index (κ1) is 16.4. The molecular formula is C15H31N3O. The molecule has 1 fully saturated rings. The molecule has 112 valence electrons. The van der Waals surface area contributed by atoms with Crippen LogP contribution in [0.25, 0.3) is 0 Å². The molecule has 1 amide bonds. The summed E-state index contributed by atoms with van der Waals surface area (Å²) < 4.78 is 0. The predicted octanol–water partition coefficient (Wildman–Crippen LogP) is 1.88. The summed E-state index contributed by atoms with van der Waals surface area (Å²) in [5, 5.41) is 3.22. The molecule has 0 aromatic heterocycles. The Labute approximate surface area is 118 Å². The lowest BCUT2D eigenvalue weighted by atomic mass is 9.94. The van der Waals surface area contributed by atoms with Crippen LogP contribution in [0.15, 0.2) is 0 Å². The maximum Gasteiger partial charge on any atom is 0.237 e. The number of carbonyl (C=O) groups is 1. The van der Waals surface area contributed by atoms with E-state index < -0.39 is 5.54 Å². The van der Waals surface area contributed by atoms with Crippen LogP contribution in [0, 0.1) is 0 Å². The Balaban J connectivity index is 2.25. The Morgan fingerprint density at radius 3 is 2.47 bits per heavy atom. The third-order valence-corrected chi connectivity index (χ3v) is 4.06. The van der Waals surface area contributed by atoms with Crippen LogP contribution in [0.3, 0.4) is 0 Å². The quantitative estimate of drug-likeness (QED) is 0.563. The number of nitrogens with two attached hydrogens (primary N) is 1. The summed E-state index contributed by atoms with van der Waals surface area (Å²) in [6.07, 6.45) is 7.02. The smallest absolute Gasteiger partial charge is 0.237 e. The van der Waals surface area contributed by atoms with E-state index in [1.54, 1.807) is 0 Å². The van der Waals surface area contributed by atoms with Gasteiger partial charge in [-0.25, -0.2) is 0 Å². The van der Waals surface area contributed by atoms with E-state index in [9.17, 15) is 4.79 Å². The molecule has 19 heavy (non-hydrogen) atoms. The molecule has 0 aliphatic heterocycles. The number of primary amides is 1. The van der Waals surface area contributed by atoms with Gasteiger partial charge in [0.05, 0.1) is 5.54 Å². The topological polar surface area (TPSA) is 58.4 Å². The Morgan fingerprint density at radius 1 is 1.32 bits per heavy atom. The lowest BCUT2D eigenvalue weighted by molar-refractivity contribution is -0.124. The van der Waals surface area contributed by atoms with Gasteiger partial charge in [-0.05, 0) is 65.1 Å². The Hall–Kier alpha value is -0.610. The number of hydrogen-bond donors (Lipinski definition) is 2. The first-order valence-corrected chi connectivity index (χ1v) is 7.82. The fraction of sp³-hybridized carbons (Fsp3) is 0.933. The molecule has 1 unspecified atom stereocenters. The van der Waals surface area contributed by atoms with Crippen LogP contribution >= 0.6 is 0 Å². The summed E-state index contributed by atoms with van der Waals surface area (Å²) >= 11 is 0. The predicted molar refractivity (Wildman–Crippen MR) is 80.0 cm³/mol. The van der Waals surface area contributed by atoms with Gasteiger partial charge >= 0.3 is 0 Å². The summed E-state index contributed by atoms with van der Waals surface area (Å²) in [7, 11) is 0. The molecule has 1 saturated carbocycles. The second-order valence-electron chi connectivity index (χ2n) is 5.95. The van der Waals surface area contributed by atoms with Gasteiger partial charge in [-0.15, -0.1) is 0 Å². The summed E-state index contributed by atoms with van der Waals surface area (Å²) in [5.41, 5.74) is 4.96. The maximum atomic E-state index is 11.5. The molecule has 1 aliphatic rings. The number of carbonyl (C=O) groups excluding carboxylic acids is 1. The number of rotatable bonds is 11. The zero-order chi connectivity index (χ0) is 14.3. The van der Waals surface area contributed by atoms with Gasteiger partial charge in [0.25, 0.3) is 0 Å². The van der Waals surface area contributed by atoms with E-state index in [2.05, 4.69) is 17.1 Å². The van der Waals surface area contributed by atoms with Crippen molar-refractivity contribution in [2.75, 3.05) is 19.6 Å². The molecule has 0 saturated heterocycles. The van der Waals surface area contributed by atoms with Crippen molar-refractivity contribution in [1.82, 2.24) is 10.2 Å². The third kappa shape index (κ3) is 5.49. The van der Waals surface area contributed by atoms with Gasteiger partial charge in [0.1, 0.15) is 0 Å². The normalized spacial score (nSPS) is 18.5. The van der Waals surface area contributed by atoms with Crippen LogP contribution in [-0.4, -0.2) is 42.0 Å². The average Bonchev–Trinajstić information content (AvgIpc) is 3.17. The summed E-state index contributed by atoms with van der Waals surface area (Å²) in [6.45, 7) is 9.33. The zero-order valence-electron chi connectivity index (χ0n) is 12.9. The molecule has 1 aliphatic carbocycles. The van der Waals surface area contributed by atoms with Crippen molar-refractivity contribution in [3.63, 3.8) is 0 Å². The average molecular weight is 269 g/mol. The van der Waals surface area contributed by atoms with Gasteiger partial charge in [0, 0.05) is 6.04 Å². The van der Waals surface area contributed by atoms with Crippen molar-refractivity contribution < 1.29 is 4.79 Å². The maximum absolute atomic E-state index is 11.5. The van der Waals surface area contributed by atoms with Crippen molar-refractivity contribution in [2.24, 2.45) is 5.73 Å². The third-order valence-electron chi connectivity index (χ3n) is 4.06. The van der Waals surface area contributed by atoms with E-state index in [0.717, 1.165) is 31.8 Å². The standard InChI is InChI=1S/C15H31N3O/c1-4-11-18(13-8-9-13)12-7-6-10-15(3,14(16)19)17-5-2/h13,17H,4-12H2,1-3H3,(H2,16,19). The van der Waals surface area contributed by atoms with Gasteiger partial charge in [0.2, 0.25) is 5.91 Å². The Morgan fingerprint density at radius 2 is 2.00 bits per heavy atom. The molecule has 3 N–H and O–H groups in total. The van der Waals surface area contributed by atoms with E-state index >= 15 is 0 Å². The van der Waals surface area contributed by atoms with Gasteiger partial charge in [-0.3, -0.25) is 4.79 Å². The van der Waals surface area contributed by atoms with E-state index in [-0.39, 0.29) is 5.91 Å². The molecule has 0 aromatic carbocycles. The van der Waals surface area contributed by atoms with Crippen LogP contribution in [0.2, 0.25) is 0 Å². The summed E-state index contributed by atoms with van der Waals surface area (Å²) in [6, 6.07) is 0.844. The molecule has 1 rings (SSSR count). The van der Waals surface area contributed by atoms with Gasteiger partial charge in [-0.2, -0.15) is 0 Å². The second kappa shape index (κ2) is 7.85. The lowest BCUT2D eigenvalue weighted by Gasteiger charge is -2.27. The highest BCUT2D eigenvalue weighted by molar-refractivity contribution is 5.84. The minimum atomic E-state index is -0.538. The van der Waals surface area contributed by atoms with E-state index in [1.807, 2.05) is 13.8 Å². The number of amides is 1. The minimum Gasteiger partial charge on any atom is -0.368 e. The van der Waals surface area contributed by atoms with Crippen molar-refractivity contribution in [3.05, 3.63) is 0 Å². The molecule has 0 aromatic rings. The van der Waals surface area contributed by atoms with Crippen molar-refractivity contribution in [3.8, 4) is 0 Å². The molecule has 0 spiro atoms. The highest BCUT2D eigenvalue weighted by Crippen LogP contribution is 2.27. The largest absolute Gasteiger partial charge is 0.368 e. The Kier molecular flexibility index (Phi) is 6.80. The van der Waals surface area contributed by atoms with Crippen LogP contribution < -0.4 is 11.1 Å². The molecule has 1 atom stereocenters. The number of nitrogens with zero attached hydrogens (tertiary/aromatic N) is 1. The van der Waals surface area contributed by atoms with Crippen molar-refractivity contribution in [2.45, 2.75) is 70.9 Å². The van der Waals surface area contributed by atoms with Crippen molar-refractivity contribution >= 4 is 5.91 Å². The van der Waals surface area contributed by atoms with Crippen LogP contribution in [-0.2, 0) is 4.79 Å². The van der Waals surface area contributed by atoms with Gasteiger partial charge in [0.15, 0.2) is 0 Å². The second-order valence-corrected chi connectivity index (χ2v) is 5.95. The molecule has 0 bridgehead atoms. The first-order valence-electron chi connectivity index (χ1n) is 7.82. The van der Waals surface area contributed by atoms with E-state index in [4.69, 9.17) is 5.73 Å². The summed E-state index contributed by atoms with van der Waals surface area (Å²) in [5.74, 6) is -0.234. The number of likely N-dealkylation sites (N-methyl/N-ethyl adjacent to an activating group) is 1. The van der Waals surface area contributed by atoms with E-state index in [1.165, 1.54) is 32.4 Å². The Bertz CT molecular complexity index is 279. The van der Waals surface area contributed by atoms with E-state index in [0.29, 0.717) is 0 Å². The number of nitrogens with one attached hydrogen (secondary N) is 1. The SMILES string of the molecule is CCCN(CCCCC(C)(NCC)C(N)=O)C1CC1. The summed E-state index contributed by atoms with van der Waals surface area (Å²) in [4.78, 5) is 14.1. The highest BCUT2D eigenvalue weighted by Gasteiger charge is 2.30. The molecule has 0 heterocycles. The monoisotopic (exact) mass is 269 g/mol. The zero-order valence-corrected chi connectivity index (χ0v) is 12.9. The number of unbranched alkanes of at least 4 members (excludes halogenated alkanes) is 1. The molecule has 4 nitrogen and oxygen atoms in total. The van der Waals surface area contributed by atoms with Crippen molar-refractivity contribution in [1.29, 1.82) is 0 Å². The fourth-order valence-electron chi connectivity index (χ4n) is 2.69. The molecular weight excluding hydrogens is 238 g/mol. The minimum absolute atomic E-state index is 0.234. The van der Waals surface area contributed by atoms with Crippen LogP contribution in [0.1, 0.15) is 59.3 Å². The highest BCUT2D eigenvalue weighted by atomic mass is 16.1. The first-order chi connectivity index (χ1) is 9.03.